The van der Waals surface area contributed by atoms with Crippen molar-refractivity contribution in [2.45, 2.75) is 25.7 Å². The summed E-state index contributed by atoms with van der Waals surface area (Å²) < 4.78 is 19.7. The Kier molecular flexibility index (Phi) is 6.49. The highest BCUT2D eigenvalue weighted by atomic mass is 19.1. The molecule has 0 bridgehead atoms. The highest BCUT2D eigenvalue weighted by Crippen LogP contribution is 2.36. The second kappa shape index (κ2) is 10.6. The maximum atomic E-state index is 14.4. The van der Waals surface area contributed by atoms with Gasteiger partial charge < -0.3 is 15.0 Å². The zero-order valence-electron chi connectivity index (χ0n) is 22.9. The van der Waals surface area contributed by atoms with E-state index in [1.165, 1.54) is 19.2 Å². The van der Waals surface area contributed by atoms with Crippen molar-refractivity contribution >= 4 is 34.3 Å². The zero-order valence-corrected chi connectivity index (χ0v) is 22.9. The van der Waals surface area contributed by atoms with Crippen molar-refractivity contribution in [2.24, 2.45) is 5.92 Å². The van der Waals surface area contributed by atoms with Crippen LogP contribution in [0.3, 0.4) is 0 Å². The number of benzene rings is 1. The van der Waals surface area contributed by atoms with Crippen molar-refractivity contribution in [3.63, 3.8) is 0 Å². The van der Waals surface area contributed by atoms with E-state index in [0.717, 1.165) is 64.7 Å². The lowest BCUT2D eigenvalue weighted by Crippen LogP contribution is -2.20. The summed E-state index contributed by atoms with van der Waals surface area (Å²) in [6, 6.07) is 10.6. The molecule has 1 fully saturated rings. The molecule has 0 unspecified atom stereocenters. The summed E-state index contributed by atoms with van der Waals surface area (Å²) in [5.74, 6) is 0.188. The summed E-state index contributed by atoms with van der Waals surface area (Å²) in [4.78, 5) is 25.1. The van der Waals surface area contributed by atoms with Gasteiger partial charge in [0.1, 0.15) is 17.3 Å². The molecule has 3 N–H and O–H groups in total. The molecule has 1 amide bonds. The number of fused-ring (bicyclic) bond motifs is 2. The van der Waals surface area contributed by atoms with Crippen molar-refractivity contribution in [3.05, 3.63) is 95.5 Å². The summed E-state index contributed by atoms with van der Waals surface area (Å²) in [6.45, 7) is 0. The summed E-state index contributed by atoms with van der Waals surface area (Å²) in [7, 11) is 1.52. The molecule has 208 valence electrons. The highest BCUT2D eigenvalue weighted by Gasteiger charge is 2.23. The molecule has 2 aliphatic carbocycles. The van der Waals surface area contributed by atoms with Crippen LogP contribution in [0.5, 0.6) is 5.75 Å². The van der Waals surface area contributed by atoms with Gasteiger partial charge in [-0.2, -0.15) is 5.10 Å². The predicted molar refractivity (Wildman–Crippen MR) is 160 cm³/mol. The van der Waals surface area contributed by atoms with Crippen LogP contribution in [0.1, 0.15) is 42.5 Å². The van der Waals surface area contributed by atoms with Gasteiger partial charge in [0, 0.05) is 52.5 Å². The second-order valence-electron chi connectivity index (χ2n) is 10.6. The van der Waals surface area contributed by atoms with Crippen LogP contribution in [0.2, 0.25) is 0 Å². The minimum atomic E-state index is -0.377. The number of rotatable bonds is 6. The fourth-order valence-electron chi connectivity index (χ4n) is 5.74. The number of carbonyl (C=O) groups is 1. The van der Waals surface area contributed by atoms with Crippen LogP contribution >= 0.6 is 0 Å². The van der Waals surface area contributed by atoms with E-state index in [0.29, 0.717) is 28.3 Å². The Bertz CT molecular complexity index is 1940. The quantitative estimate of drug-likeness (QED) is 0.196. The number of aromatic amines is 2. The van der Waals surface area contributed by atoms with E-state index in [9.17, 15) is 9.18 Å². The normalized spacial score (nSPS) is 14.6. The molecular weight excluding hydrogens is 531 g/mol. The van der Waals surface area contributed by atoms with Crippen LogP contribution in [0, 0.1) is 11.7 Å². The number of halogens is 1. The van der Waals surface area contributed by atoms with Gasteiger partial charge in [-0.15, -0.1) is 5.73 Å². The summed E-state index contributed by atoms with van der Waals surface area (Å²) >= 11 is 0. The van der Waals surface area contributed by atoms with Crippen LogP contribution in [0.15, 0.2) is 72.9 Å². The van der Waals surface area contributed by atoms with Gasteiger partial charge >= 0.3 is 0 Å². The molecule has 0 aliphatic heterocycles. The Hall–Kier alpha value is -5.27. The van der Waals surface area contributed by atoms with E-state index in [-0.39, 0.29) is 17.6 Å². The Balaban J connectivity index is 1.24. The van der Waals surface area contributed by atoms with Gasteiger partial charge in [0.15, 0.2) is 5.65 Å². The fraction of sp³-hybridized carbons (Fsp3) is 0.182. The molecule has 42 heavy (non-hydrogen) atoms. The van der Waals surface area contributed by atoms with Crippen LogP contribution in [-0.4, -0.2) is 38.2 Å². The topological polar surface area (TPSA) is 109 Å². The second-order valence-corrected chi connectivity index (χ2v) is 10.6. The zero-order chi connectivity index (χ0) is 28.6. The Morgan fingerprint density at radius 1 is 1.05 bits per heavy atom. The van der Waals surface area contributed by atoms with Crippen molar-refractivity contribution < 1.29 is 13.9 Å². The summed E-state index contributed by atoms with van der Waals surface area (Å²) in [5.41, 5.74) is 10.8. The molecule has 0 saturated heterocycles. The van der Waals surface area contributed by atoms with Gasteiger partial charge in [-0.05, 0) is 66.5 Å². The average Bonchev–Trinajstić information content (AvgIpc) is 3.75. The van der Waals surface area contributed by atoms with Crippen molar-refractivity contribution in [1.29, 1.82) is 0 Å². The van der Waals surface area contributed by atoms with Crippen molar-refractivity contribution in [3.8, 4) is 28.3 Å². The molecule has 7 rings (SSSR count). The van der Waals surface area contributed by atoms with Crippen LogP contribution in [0.4, 0.5) is 10.1 Å². The van der Waals surface area contributed by atoms with Crippen molar-refractivity contribution in [2.75, 3.05) is 12.4 Å². The van der Waals surface area contributed by atoms with Crippen LogP contribution in [0.25, 0.3) is 45.2 Å². The lowest BCUT2D eigenvalue weighted by molar-refractivity contribution is -0.119. The first-order chi connectivity index (χ1) is 20.6. The molecule has 9 heteroatoms. The number of aromatic nitrogens is 5. The molecule has 1 aromatic carbocycles. The largest absolute Gasteiger partial charge is 0.497 e. The SMILES string of the molecule is COc1cc(F)cc(C2=CC=C=Cc3[nH]c(-c4n[nH]c5ncc(-c6cncc(NC(=O)C7CCCC7)c6)cc45)cc32)c1. The highest BCUT2D eigenvalue weighted by molar-refractivity contribution is 5.96. The maximum absolute atomic E-state index is 14.4. The number of pyridine rings is 2. The number of H-pyrrole nitrogens is 2. The molecule has 4 heterocycles. The lowest BCUT2D eigenvalue weighted by atomic mass is 9.97. The summed E-state index contributed by atoms with van der Waals surface area (Å²) in [6.07, 6.45) is 14.8. The summed E-state index contributed by atoms with van der Waals surface area (Å²) in [5, 5.41) is 11.5. The Labute approximate surface area is 241 Å². The van der Waals surface area contributed by atoms with Gasteiger partial charge in [-0.3, -0.25) is 14.9 Å². The molecule has 4 aromatic heterocycles. The number of ether oxygens (including phenoxy) is 1. The smallest absolute Gasteiger partial charge is 0.227 e. The van der Waals surface area contributed by atoms with Crippen molar-refractivity contribution in [1.82, 2.24) is 25.1 Å². The van der Waals surface area contributed by atoms with Gasteiger partial charge in [0.25, 0.3) is 0 Å². The Morgan fingerprint density at radius 2 is 1.90 bits per heavy atom. The number of anilines is 1. The van der Waals surface area contributed by atoms with Gasteiger partial charge in [-0.25, -0.2) is 9.37 Å². The number of hydrogen-bond acceptors (Lipinski definition) is 5. The number of nitrogens with zero attached hydrogens (tertiary/aromatic N) is 3. The van der Waals surface area contributed by atoms with Crippen LogP contribution < -0.4 is 10.1 Å². The Morgan fingerprint density at radius 3 is 2.76 bits per heavy atom. The first kappa shape index (κ1) is 25.7. The maximum Gasteiger partial charge on any atom is 0.227 e. The number of amides is 1. The number of carbonyl (C=O) groups excluding carboxylic acids is 1. The molecule has 2 aliphatic rings. The predicted octanol–water partition coefficient (Wildman–Crippen LogP) is 6.91. The third kappa shape index (κ3) is 4.80. The molecule has 0 atom stereocenters. The third-order valence-electron chi connectivity index (χ3n) is 7.87. The number of nitrogens with one attached hydrogen (secondary N) is 3. The fourth-order valence-corrected chi connectivity index (χ4v) is 5.74. The molecule has 5 aromatic rings. The van der Waals surface area contributed by atoms with Gasteiger partial charge in [-0.1, -0.05) is 12.8 Å². The lowest BCUT2D eigenvalue weighted by Gasteiger charge is -2.11. The van der Waals surface area contributed by atoms with E-state index in [2.05, 4.69) is 36.2 Å². The monoisotopic (exact) mass is 558 g/mol. The van der Waals surface area contributed by atoms with E-state index >= 15 is 0 Å². The van der Waals surface area contributed by atoms with E-state index in [1.54, 1.807) is 24.7 Å². The molecule has 1 saturated carbocycles. The first-order valence-electron chi connectivity index (χ1n) is 13.9. The molecular formula is C33H27FN6O2. The van der Waals surface area contributed by atoms with E-state index in [4.69, 9.17) is 4.74 Å². The minimum Gasteiger partial charge on any atom is -0.497 e. The number of methoxy groups -OCH3 is 1. The number of allylic oxidation sites excluding steroid dienone is 2. The van der Waals surface area contributed by atoms with Gasteiger partial charge in [0.05, 0.1) is 30.4 Å². The average molecular weight is 559 g/mol. The van der Waals surface area contributed by atoms with Gasteiger partial charge in [0.2, 0.25) is 5.91 Å². The number of hydrogen-bond donors (Lipinski definition) is 3. The van der Waals surface area contributed by atoms with E-state index in [1.807, 2.05) is 36.4 Å². The molecule has 8 nitrogen and oxygen atoms in total. The first-order valence-corrected chi connectivity index (χ1v) is 13.9. The van der Waals surface area contributed by atoms with Crippen LogP contribution in [-0.2, 0) is 4.79 Å². The molecule has 0 spiro atoms. The third-order valence-corrected chi connectivity index (χ3v) is 7.87. The van der Waals surface area contributed by atoms with E-state index < -0.39 is 0 Å². The standard InChI is InChI=1S/C33H27FN6O2/c1-42-25-12-20(10-23(34)14-25)26-8-4-5-9-29-27(26)15-30(38-29)31-28-13-22(17-36-32(28)40-39-31)21-11-24(18-35-16-21)37-33(41)19-6-2-3-7-19/h4,8-19,38H,2-3,6-7H2,1H3,(H,37,41)(H,36,39,40). The molecule has 0 radical (unpaired) electrons. The minimum absolute atomic E-state index is 0.0534.